The van der Waals surface area contributed by atoms with E-state index in [1.54, 1.807) is 18.6 Å². The molecule has 0 atom stereocenters. The third-order valence-corrected chi connectivity index (χ3v) is 4.91. The molecule has 0 bridgehead atoms. The van der Waals surface area contributed by atoms with Crippen LogP contribution in [0.2, 0.25) is 0 Å². The van der Waals surface area contributed by atoms with Crippen LogP contribution in [0, 0.1) is 5.41 Å². The zero-order valence-corrected chi connectivity index (χ0v) is 16.7. The molecule has 0 saturated carbocycles. The highest BCUT2D eigenvalue weighted by Gasteiger charge is 2.03. The van der Waals surface area contributed by atoms with E-state index in [2.05, 4.69) is 51.7 Å². The van der Waals surface area contributed by atoms with Crippen LogP contribution in [-0.4, -0.2) is 24.1 Å². The van der Waals surface area contributed by atoms with Crippen molar-refractivity contribution in [1.29, 1.82) is 5.41 Å². The first-order valence-electron chi connectivity index (χ1n) is 9.74. The number of aliphatic imine (C=N–C) groups is 1. The van der Waals surface area contributed by atoms with Crippen LogP contribution in [-0.2, 0) is 0 Å². The molecule has 0 radical (unpaired) electrons. The van der Waals surface area contributed by atoms with Crippen LogP contribution in [0.25, 0.3) is 22.3 Å². The average molecular weight is 390 g/mol. The molecule has 4 rings (SSSR count). The Hall–Kier alpha value is -4.05. The van der Waals surface area contributed by atoms with Gasteiger partial charge in [-0.05, 0) is 58.1 Å². The molecule has 0 unspecified atom stereocenters. The molecular weight excluding hydrogens is 368 g/mol. The van der Waals surface area contributed by atoms with Gasteiger partial charge >= 0.3 is 0 Å². The van der Waals surface area contributed by atoms with Crippen molar-refractivity contribution >= 4 is 17.7 Å². The van der Waals surface area contributed by atoms with E-state index in [4.69, 9.17) is 5.41 Å². The molecule has 2 N–H and O–H groups in total. The monoisotopic (exact) mass is 390 g/mol. The number of benzene rings is 3. The number of hydrogen-bond acceptors (Lipinski definition) is 3. The number of rotatable bonds is 5. The molecule has 4 heteroatoms. The summed E-state index contributed by atoms with van der Waals surface area (Å²) < 4.78 is 0. The lowest BCUT2D eigenvalue weighted by molar-refractivity contribution is 1.33. The first-order chi connectivity index (χ1) is 14.7. The maximum Gasteiger partial charge on any atom is 0.151 e. The van der Waals surface area contributed by atoms with E-state index in [1.807, 2.05) is 55.6 Å². The summed E-state index contributed by atoms with van der Waals surface area (Å²) in [6, 6.07) is 28.3. The highest BCUT2D eigenvalue weighted by molar-refractivity contribution is 6.04. The predicted octanol–water partition coefficient (Wildman–Crippen LogP) is 5.90. The van der Waals surface area contributed by atoms with Gasteiger partial charge in [0.15, 0.2) is 5.84 Å². The van der Waals surface area contributed by atoms with E-state index in [1.165, 1.54) is 0 Å². The molecular formula is C26H22N4. The van der Waals surface area contributed by atoms with Crippen LogP contribution in [0.3, 0.4) is 0 Å². The molecule has 0 spiro atoms. The molecule has 4 aromatic rings. The third-order valence-electron chi connectivity index (χ3n) is 4.91. The van der Waals surface area contributed by atoms with Gasteiger partial charge in [0, 0.05) is 36.9 Å². The molecule has 0 aliphatic rings. The number of amidine groups is 1. The zero-order valence-electron chi connectivity index (χ0n) is 16.7. The van der Waals surface area contributed by atoms with Gasteiger partial charge in [-0.2, -0.15) is 0 Å². The van der Waals surface area contributed by atoms with Crippen molar-refractivity contribution in [3.8, 4) is 22.3 Å². The molecule has 0 amide bonds. The maximum atomic E-state index is 8.34. The highest BCUT2D eigenvalue weighted by Crippen LogP contribution is 2.22. The summed E-state index contributed by atoms with van der Waals surface area (Å²) in [6.45, 7) is 0. The summed E-state index contributed by atoms with van der Waals surface area (Å²) in [4.78, 5) is 8.42. The SMILES string of the molecule is CNc1ccc(-c2ccc(C=NC(=N)c3cccc(-c4ccncc4)c3)cc2)cc1. The second-order valence-electron chi connectivity index (χ2n) is 6.87. The number of aromatic nitrogens is 1. The van der Waals surface area contributed by atoms with Crippen molar-refractivity contribution in [1.82, 2.24) is 4.98 Å². The summed E-state index contributed by atoms with van der Waals surface area (Å²) in [5, 5.41) is 11.5. The van der Waals surface area contributed by atoms with Gasteiger partial charge in [-0.25, -0.2) is 4.99 Å². The summed E-state index contributed by atoms with van der Waals surface area (Å²) in [6.07, 6.45) is 5.27. The van der Waals surface area contributed by atoms with Crippen LogP contribution >= 0.6 is 0 Å². The minimum absolute atomic E-state index is 0.234. The Morgan fingerprint density at radius 1 is 0.800 bits per heavy atom. The van der Waals surface area contributed by atoms with Gasteiger partial charge in [0.05, 0.1) is 0 Å². The second kappa shape index (κ2) is 8.97. The molecule has 1 heterocycles. The Bertz CT molecular complexity index is 1160. The van der Waals surface area contributed by atoms with Gasteiger partial charge in [-0.1, -0.05) is 54.6 Å². The minimum Gasteiger partial charge on any atom is -0.388 e. The van der Waals surface area contributed by atoms with Gasteiger partial charge in [0.2, 0.25) is 0 Å². The lowest BCUT2D eigenvalue weighted by Gasteiger charge is -2.05. The lowest BCUT2D eigenvalue weighted by atomic mass is 10.0. The van der Waals surface area contributed by atoms with Crippen molar-refractivity contribution < 1.29 is 0 Å². The van der Waals surface area contributed by atoms with Crippen LogP contribution in [0.5, 0.6) is 0 Å². The Kier molecular flexibility index (Phi) is 5.76. The van der Waals surface area contributed by atoms with Gasteiger partial charge in [-0.15, -0.1) is 0 Å². The van der Waals surface area contributed by atoms with Crippen LogP contribution in [0.15, 0.2) is 102 Å². The zero-order chi connectivity index (χ0) is 20.8. The normalized spacial score (nSPS) is 10.8. The summed E-state index contributed by atoms with van der Waals surface area (Å²) >= 11 is 0. The van der Waals surface area contributed by atoms with Crippen LogP contribution in [0.1, 0.15) is 11.1 Å². The molecule has 0 aliphatic heterocycles. The molecule has 0 fully saturated rings. The van der Waals surface area contributed by atoms with E-state index >= 15 is 0 Å². The van der Waals surface area contributed by atoms with Gasteiger partial charge < -0.3 is 5.32 Å². The van der Waals surface area contributed by atoms with Crippen LogP contribution < -0.4 is 5.32 Å². The fraction of sp³-hybridized carbons (Fsp3) is 0.0385. The van der Waals surface area contributed by atoms with E-state index in [0.29, 0.717) is 0 Å². The van der Waals surface area contributed by atoms with E-state index in [9.17, 15) is 0 Å². The highest BCUT2D eigenvalue weighted by atomic mass is 14.8. The number of pyridine rings is 1. The van der Waals surface area contributed by atoms with Crippen molar-refractivity contribution in [2.24, 2.45) is 4.99 Å². The number of nitrogens with one attached hydrogen (secondary N) is 2. The number of anilines is 1. The summed E-state index contributed by atoms with van der Waals surface area (Å²) in [7, 11) is 1.91. The first kappa shape index (κ1) is 19.3. The van der Waals surface area contributed by atoms with Gasteiger partial charge in [0.25, 0.3) is 0 Å². The van der Waals surface area contributed by atoms with Gasteiger partial charge in [0.1, 0.15) is 0 Å². The lowest BCUT2D eigenvalue weighted by Crippen LogP contribution is -1.96. The van der Waals surface area contributed by atoms with Crippen LogP contribution in [0.4, 0.5) is 5.69 Å². The molecule has 0 saturated heterocycles. The maximum absolute atomic E-state index is 8.34. The first-order valence-corrected chi connectivity index (χ1v) is 9.74. The summed E-state index contributed by atoms with van der Waals surface area (Å²) in [5.74, 6) is 0.234. The molecule has 30 heavy (non-hydrogen) atoms. The topological polar surface area (TPSA) is 61.1 Å². The van der Waals surface area contributed by atoms with E-state index in [-0.39, 0.29) is 5.84 Å². The van der Waals surface area contributed by atoms with Crippen molar-refractivity contribution in [3.63, 3.8) is 0 Å². The predicted molar refractivity (Wildman–Crippen MR) is 126 cm³/mol. The van der Waals surface area contributed by atoms with Gasteiger partial charge in [-0.3, -0.25) is 10.4 Å². The molecule has 3 aromatic carbocycles. The molecule has 0 aliphatic carbocycles. The Morgan fingerprint density at radius 2 is 1.43 bits per heavy atom. The van der Waals surface area contributed by atoms with Crippen molar-refractivity contribution in [2.75, 3.05) is 12.4 Å². The number of nitrogens with zero attached hydrogens (tertiary/aromatic N) is 2. The van der Waals surface area contributed by atoms with E-state index in [0.717, 1.165) is 39.1 Å². The van der Waals surface area contributed by atoms with Crippen molar-refractivity contribution in [2.45, 2.75) is 0 Å². The molecule has 4 nitrogen and oxygen atoms in total. The Morgan fingerprint density at radius 3 is 2.10 bits per heavy atom. The van der Waals surface area contributed by atoms with E-state index < -0.39 is 0 Å². The smallest absolute Gasteiger partial charge is 0.151 e. The number of hydrogen-bond donors (Lipinski definition) is 2. The molecule has 1 aromatic heterocycles. The van der Waals surface area contributed by atoms with Crippen molar-refractivity contribution in [3.05, 3.63) is 108 Å². The fourth-order valence-corrected chi connectivity index (χ4v) is 3.20. The summed E-state index contributed by atoms with van der Waals surface area (Å²) in [5.41, 5.74) is 7.26. The largest absolute Gasteiger partial charge is 0.388 e. The fourth-order valence-electron chi connectivity index (χ4n) is 3.20. The Balaban J connectivity index is 1.47. The quantitative estimate of drug-likeness (QED) is 0.329. The standard InChI is InChI=1S/C26H22N4/c1-28-25-11-9-21(10-12-25)20-7-5-19(6-8-20)18-30-26(27)24-4-2-3-23(17-24)22-13-15-29-16-14-22/h2-18,27-28H,1H3. The average Bonchev–Trinajstić information content (AvgIpc) is 2.83. The Labute approximate surface area is 176 Å². The second-order valence-corrected chi connectivity index (χ2v) is 6.87. The minimum atomic E-state index is 0.234. The third kappa shape index (κ3) is 4.50. The molecule has 146 valence electrons.